The van der Waals surface area contributed by atoms with Gasteiger partial charge in [-0.25, -0.2) is 15.0 Å². The third-order valence-corrected chi connectivity index (χ3v) is 9.00. The lowest BCUT2D eigenvalue weighted by atomic mass is 10.2. The summed E-state index contributed by atoms with van der Waals surface area (Å²) >= 11 is 5.57. The average Bonchev–Trinajstić information content (AvgIpc) is 3.64. The molecule has 4 aromatic rings. The van der Waals surface area contributed by atoms with Gasteiger partial charge in [0.2, 0.25) is 11.5 Å². The summed E-state index contributed by atoms with van der Waals surface area (Å²) in [7, 11) is 3.11. The van der Waals surface area contributed by atoms with Gasteiger partial charge in [0.25, 0.3) is 11.5 Å². The van der Waals surface area contributed by atoms with Crippen LogP contribution < -0.4 is 26.1 Å². The van der Waals surface area contributed by atoms with Gasteiger partial charge >= 0.3 is 6.18 Å². The van der Waals surface area contributed by atoms with Gasteiger partial charge in [-0.1, -0.05) is 18.5 Å². The van der Waals surface area contributed by atoms with E-state index in [1.165, 1.54) is 30.6 Å². The number of aryl methyl sites for hydroxylation is 2. The fraction of sp³-hybridized carbons (Fsp3) is 0.389. The minimum atomic E-state index is -4.34. The molecule has 0 aliphatic carbocycles. The van der Waals surface area contributed by atoms with E-state index in [2.05, 4.69) is 43.1 Å². The van der Waals surface area contributed by atoms with Crippen LogP contribution in [0.25, 0.3) is 0 Å². The topological polar surface area (TPSA) is 172 Å². The smallest absolute Gasteiger partial charge is 0.416 e. The Morgan fingerprint density at radius 1 is 1.15 bits per heavy atom. The van der Waals surface area contributed by atoms with Crippen molar-refractivity contribution < 1.29 is 32.6 Å². The number of piperazine rings is 1. The summed E-state index contributed by atoms with van der Waals surface area (Å²) in [6.07, 6.45) is 0.988. The fourth-order valence-electron chi connectivity index (χ4n) is 5.95. The van der Waals surface area contributed by atoms with Crippen molar-refractivity contribution in [2.75, 3.05) is 57.1 Å². The number of hydrogen-bond donors (Lipinski definition) is 2. The van der Waals surface area contributed by atoms with Gasteiger partial charge in [-0.15, -0.1) is 0 Å². The second kappa shape index (κ2) is 18.5. The van der Waals surface area contributed by atoms with Crippen LogP contribution in [0.3, 0.4) is 0 Å². The van der Waals surface area contributed by atoms with Gasteiger partial charge < -0.3 is 34.3 Å². The van der Waals surface area contributed by atoms with Gasteiger partial charge in [0.15, 0.2) is 11.4 Å². The first kappa shape index (κ1) is 42.0. The number of nitrogens with one attached hydrogen (secondary N) is 1. The van der Waals surface area contributed by atoms with Crippen LogP contribution in [0.2, 0.25) is 5.02 Å². The van der Waals surface area contributed by atoms with Gasteiger partial charge in [-0.2, -0.15) is 22.9 Å². The lowest BCUT2D eigenvalue weighted by molar-refractivity contribution is -0.137. The Morgan fingerprint density at radius 2 is 1.85 bits per heavy atom. The summed E-state index contributed by atoms with van der Waals surface area (Å²) in [4.78, 5) is 56.9. The van der Waals surface area contributed by atoms with Gasteiger partial charge in [-0.3, -0.25) is 14.6 Å². The molecule has 1 fully saturated rings. The number of carbonyl (C=O) groups is 2. The third-order valence-electron chi connectivity index (χ3n) is 8.69. The number of carbonyl (C=O) groups excluding carboxylic acids is 2. The highest BCUT2D eigenvalue weighted by Crippen LogP contribution is 2.33. The highest BCUT2D eigenvalue weighted by Gasteiger charge is 2.31. The van der Waals surface area contributed by atoms with Crippen LogP contribution in [-0.2, 0) is 30.4 Å². The van der Waals surface area contributed by atoms with Crippen LogP contribution in [0.15, 0.2) is 51.7 Å². The number of aldehydes is 1. The highest BCUT2D eigenvalue weighted by atomic mass is 35.5. The van der Waals surface area contributed by atoms with E-state index < -0.39 is 17.6 Å². The molecule has 294 valence electrons. The number of hydrogen-bond acceptors (Lipinski definition) is 12. The standard InChI is InChI=1S/C20H26N8O4.C8H7ClF3N.C8H9NO/c1-5-14-16(19(32)28(22-4)20(21-3)27(14)10-11-29)25-6-8-26(9-7-25)18(31)15-17(30)13(2)23-12-24-15;1-13-7-3-2-5(4-6(7)9)8(10,11)12;1-6-4-7-2-3-10-8(7)9-5-6/h11-12,30H,4-10H2,1-3H3;2-4,13H,1H3;4-5H,2-3H2,1H3. The number of amides is 1. The Kier molecular flexibility index (Phi) is 14.1. The SMILES string of the molecule is C=Nn1c(=O)c(N2CCN(C(=O)c3ncnc(C)c3O)CC2)c(CC)n(CC=O)c1=NC.CNc1ccc(C(F)(F)F)cc1Cl.Cc1cnc2c(c1)CCO2. The highest BCUT2D eigenvalue weighted by molar-refractivity contribution is 6.33. The molecule has 5 heterocycles. The number of ether oxygens (including phenoxy) is 1. The normalized spacial score (nSPS) is 13.8. The van der Waals surface area contributed by atoms with Gasteiger partial charge in [0, 0.05) is 65.2 Å². The van der Waals surface area contributed by atoms with E-state index in [9.17, 15) is 32.7 Å². The molecule has 3 aromatic heterocycles. The Bertz CT molecular complexity index is 2170. The Hall–Kier alpha value is -5.78. The number of anilines is 2. The zero-order valence-electron chi connectivity index (χ0n) is 31.0. The molecule has 2 aliphatic rings. The molecule has 0 bridgehead atoms. The quantitative estimate of drug-likeness (QED) is 0.207. The van der Waals surface area contributed by atoms with Crippen LogP contribution in [0.5, 0.6) is 11.6 Å². The Balaban J connectivity index is 0.000000236. The summed E-state index contributed by atoms with van der Waals surface area (Å²) in [6.45, 7) is 11.2. The van der Waals surface area contributed by atoms with Crippen molar-refractivity contribution in [2.24, 2.45) is 10.1 Å². The lowest BCUT2D eigenvalue weighted by Crippen LogP contribution is -2.52. The summed E-state index contributed by atoms with van der Waals surface area (Å²) < 4.78 is 44.3. The van der Waals surface area contributed by atoms with Crippen molar-refractivity contribution in [1.82, 2.24) is 29.1 Å². The molecule has 19 heteroatoms. The van der Waals surface area contributed by atoms with Crippen molar-refractivity contribution >= 4 is 41.9 Å². The van der Waals surface area contributed by atoms with Crippen molar-refractivity contribution in [1.29, 1.82) is 0 Å². The molecule has 0 saturated carbocycles. The number of aromatic nitrogens is 5. The number of halogens is 4. The molecule has 1 aromatic carbocycles. The first-order valence-electron chi connectivity index (χ1n) is 17.1. The molecule has 2 N–H and O–H groups in total. The molecular weight excluding hydrogens is 745 g/mol. The van der Waals surface area contributed by atoms with Gasteiger partial charge in [-0.05, 0) is 50.1 Å². The first-order valence-corrected chi connectivity index (χ1v) is 17.5. The van der Waals surface area contributed by atoms with E-state index in [0.29, 0.717) is 55.4 Å². The van der Waals surface area contributed by atoms with Crippen LogP contribution in [-0.4, -0.2) is 100.0 Å². The third kappa shape index (κ3) is 9.67. The number of fused-ring (bicyclic) bond motifs is 1. The van der Waals surface area contributed by atoms with Gasteiger partial charge in [0.05, 0.1) is 40.8 Å². The number of pyridine rings is 1. The predicted molar refractivity (Wildman–Crippen MR) is 201 cm³/mol. The van der Waals surface area contributed by atoms with Crippen LogP contribution in [0.1, 0.15) is 45.5 Å². The van der Waals surface area contributed by atoms with E-state index in [-0.39, 0.29) is 34.2 Å². The molecule has 1 saturated heterocycles. The molecule has 0 atom stereocenters. The van der Waals surface area contributed by atoms with Crippen molar-refractivity contribution in [3.8, 4) is 11.6 Å². The monoisotopic (exact) mass is 786 g/mol. The molecule has 6 rings (SSSR count). The van der Waals surface area contributed by atoms with Crippen molar-refractivity contribution in [3.63, 3.8) is 0 Å². The summed E-state index contributed by atoms with van der Waals surface area (Å²) in [5, 5.41) is 16.7. The van der Waals surface area contributed by atoms with Crippen molar-refractivity contribution in [3.05, 3.63) is 91.6 Å². The zero-order chi connectivity index (χ0) is 40.4. The Labute approximate surface area is 319 Å². The summed E-state index contributed by atoms with van der Waals surface area (Å²) in [5.74, 6) is 0.192. The van der Waals surface area contributed by atoms with Crippen LogP contribution in [0, 0.1) is 13.8 Å². The number of rotatable bonds is 7. The molecule has 0 spiro atoms. The summed E-state index contributed by atoms with van der Waals surface area (Å²) in [6, 6.07) is 5.31. The van der Waals surface area contributed by atoms with Crippen LogP contribution >= 0.6 is 11.6 Å². The maximum absolute atomic E-state index is 13.2. The largest absolute Gasteiger partial charge is 0.504 e. The minimum Gasteiger partial charge on any atom is -0.504 e. The molecule has 0 unspecified atom stereocenters. The minimum absolute atomic E-state index is 0.0173. The average molecular weight is 787 g/mol. The number of aromatic hydroxyl groups is 1. The number of nitrogens with zero attached hydrogens (tertiary/aromatic N) is 9. The second-order valence-corrected chi connectivity index (χ2v) is 12.6. The van der Waals surface area contributed by atoms with Crippen LogP contribution in [0.4, 0.5) is 24.5 Å². The lowest BCUT2D eigenvalue weighted by Gasteiger charge is -2.36. The molecule has 15 nitrogen and oxygen atoms in total. The fourth-order valence-corrected chi connectivity index (χ4v) is 6.22. The molecule has 1 amide bonds. The van der Waals surface area contributed by atoms with E-state index >= 15 is 0 Å². The first-order chi connectivity index (χ1) is 26.2. The van der Waals surface area contributed by atoms with Gasteiger partial charge in [0.1, 0.15) is 18.3 Å². The van der Waals surface area contributed by atoms with Crippen molar-refractivity contribution in [2.45, 2.75) is 46.3 Å². The predicted octanol–water partition coefficient (Wildman–Crippen LogP) is 3.90. The number of benzene rings is 1. The summed E-state index contributed by atoms with van der Waals surface area (Å²) in [5.41, 5.74) is 3.40. The van der Waals surface area contributed by atoms with E-state index in [0.717, 1.165) is 42.0 Å². The molecule has 2 aliphatic heterocycles. The molecule has 0 radical (unpaired) electrons. The molecular formula is C36H42ClF3N10O5. The number of alkyl halides is 3. The van der Waals surface area contributed by atoms with E-state index in [1.807, 2.05) is 24.9 Å². The van der Waals surface area contributed by atoms with E-state index in [4.69, 9.17) is 16.3 Å². The van der Waals surface area contributed by atoms with E-state index in [1.54, 1.807) is 23.4 Å². The second-order valence-electron chi connectivity index (χ2n) is 12.2. The molecule has 55 heavy (non-hydrogen) atoms. The maximum atomic E-state index is 13.2. The zero-order valence-corrected chi connectivity index (χ0v) is 31.8. The maximum Gasteiger partial charge on any atom is 0.416 e. The Morgan fingerprint density at radius 3 is 2.44 bits per heavy atom.